The first-order valence-corrected chi connectivity index (χ1v) is 8.35. The molecular weight excluding hydrogens is 356 g/mol. The van der Waals surface area contributed by atoms with E-state index in [9.17, 15) is 0 Å². The fourth-order valence-corrected chi connectivity index (χ4v) is 3.95. The Balaban J connectivity index is 2.05. The van der Waals surface area contributed by atoms with Crippen LogP contribution in [-0.4, -0.2) is 18.1 Å². The van der Waals surface area contributed by atoms with E-state index in [1.165, 1.54) is 32.1 Å². The Morgan fingerprint density at radius 2 is 2.17 bits per heavy atom. The summed E-state index contributed by atoms with van der Waals surface area (Å²) in [5.41, 5.74) is 0. The van der Waals surface area contributed by atoms with Gasteiger partial charge in [0.25, 0.3) is 0 Å². The Morgan fingerprint density at radius 1 is 1.33 bits per heavy atom. The summed E-state index contributed by atoms with van der Waals surface area (Å²) in [6, 6.07) is 2.08. The minimum Gasteiger partial charge on any atom is -0.356 e. The standard InChI is InChI=1S/C14H20Br2N2/c1-2-4-11-5-3-7-18(8-6-11)14-13(16)9-12(15)10-17-14/h9-11H,2-8H2,1H3. The number of anilines is 1. The number of aromatic nitrogens is 1. The van der Waals surface area contributed by atoms with Crippen molar-refractivity contribution in [3.05, 3.63) is 21.2 Å². The first kappa shape index (κ1) is 14.3. The quantitative estimate of drug-likeness (QED) is 0.737. The lowest BCUT2D eigenvalue weighted by molar-refractivity contribution is 0.435. The van der Waals surface area contributed by atoms with Crippen molar-refractivity contribution < 1.29 is 0 Å². The minimum atomic E-state index is 0.911. The van der Waals surface area contributed by atoms with Crippen molar-refractivity contribution in [2.24, 2.45) is 5.92 Å². The van der Waals surface area contributed by atoms with Crippen LogP contribution in [0.3, 0.4) is 0 Å². The number of nitrogens with zero attached hydrogens (tertiary/aromatic N) is 2. The van der Waals surface area contributed by atoms with Gasteiger partial charge in [0.15, 0.2) is 0 Å². The van der Waals surface area contributed by atoms with Crippen LogP contribution >= 0.6 is 31.9 Å². The van der Waals surface area contributed by atoms with Gasteiger partial charge in [0, 0.05) is 23.8 Å². The molecule has 1 aromatic rings. The van der Waals surface area contributed by atoms with Crippen LogP contribution in [0.25, 0.3) is 0 Å². The second-order valence-electron chi connectivity index (χ2n) is 5.03. The van der Waals surface area contributed by atoms with Crippen LogP contribution < -0.4 is 4.90 Å². The van der Waals surface area contributed by atoms with Crippen molar-refractivity contribution in [2.75, 3.05) is 18.0 Å². The SMILES string of the molecule is CCCC1CCCN(c2ncc(Br)cc2Br)CC1. The maximum absolute atomic E-state index is 4.55. The summed E-state index contributed by atoms with van der Waals surface area (Å²) in [5.74, 6) is 2.00. The zero-order valence-electron chi connectivity index (χ0n) is 10.8. The summed E-state index contributed by atoms with van der Waals surface area (Å²) in [6.45, 7) is 4.56. The summed E-state index contributed by atoms with van der Waals surface area (Å²) < 4.78 is 2.11. The monoisotopic (exact) mass is 374 g/mol. The highest BCUT2D eigenvalue weighted by molar-refractivity contribution is 9.11. The fraction of sp³-hybridized carbons (Fsp3) is 0.643. The predicted molar refractivity (Wildman–Crippen MR) is 84.1 cm³/mol. The van der Waals surface area contributed by atoms with Crippen molar-refractivity contribution in [3.8, 4) is 0 Å². The number of halogens is 2. The fourth-order valence-electron chi connectivity index (χ4n) is 2.71. The van der Waals surface area contributed by atoms with Crippen LogP contribution in [0.4, 0.5) is 5.82 Å². The molecule has 100 valence electrons. The Hall–Kier alpha value is -0.0900. The summed E-state index contributed by atoms with van der Waals surface area (Å²) in [7, 11) is 0. The maximum atomic E-state index is 4.55. The van der Waals surface area contributed by atoms with Crippen molar-refractivity contribution in [2.45, 2.75) is 39.0 Å². The van der Waals surface area contributed by atoms with Gasteiger partial charge in [-0.2, -0.15) is 0 Å². The van der Waals surface area contributed by atoms with E-state index in [1.54, 1.807) is 0 Å². The van der Waals surface area contributed by atoms with Crippen LogP contribution in [0.15, 0.2) is 21.2 Å². The zero-order valence-corrected chi connectivity index (χ0v) is 14.0. The molecule has 4 heteroatoms. The van der Waals surface area contributed by atoms with Gasteiger partial charge in [-0.25, -0.2) is 4.98 Å². The summed E-state index contributed by atoms with van der Waals surface area (Å²) in [6.07, 6.45) is 8.54. The molecule has 0 aliphatic carbocycles. The van der Waals surface area contributed by atoms with Crippen molar-refractivity contribution in [1.29, 1.82) is 0 Å². The molecule has 18 heavy (non-hydrogen) atoms. The highest BCUT2D eigenvalue weighted by atomic mass is 79.9. The summed E-state index contributed by atoms with van der Waals surface area (Å²) >= 11 is 7.07. The molecule has 1 aliphatic heterocycles. The lowest BCUT2D eigenvalue weighted by Crippen LogP contribution is -2.25. The van der Waals surface area contributed by atoms with E-state index in [0.29, 0.717) is 0 Å². The molecule has 0 saturated carbocycles. The Morgan fingerprint density at radius 3 is 2.89 bits per heavy atom. The highest BCUT2D eigenvalue weighted by Gasteiger charge is 2.18. The number of pyridine rings is 1. The summed E-state index contributed by atoms with van der Waals surface area (Å²) in [4.78, 5) is 6.97. The molecule has 1 atom stereocenters. The Labute approximate surface area is 126 Å². The number of hydrogen-bond donors (Lipinski definition) is 0. The molecule has 1 aliphatic rings. The van der Waals surface area contributed by atoms with Gasteiger partial charge in [-0.15, -0.1) is 0 Å². The Kier molecular flexibility index (Phi) is 5.49. The van der Waals surface area contributed by atoms with E-state index in [0.717, 1.165) is 33.8 Å². The van der Waals surface area contributed by atoms with E-state index >= 15 is 0 Å². The van der Waals surface area contributed by atoms with Gasteiger partial charge in [0.05, 0.1) is 4.47 Å². The molecule has 0 radical (unpaired) electrons. The van der Waals surface area contributed by atoms with Gasteiger partial charge >= 0.3 is 0 Å². The van der Waals surface area contributed by atoms with Crippen LogP contribution in [0.1, 0.15) is 39.0 Å². The predicted octanol–water partition coefficient (Wildman–Crippen LogP) is 5.01. The molecule has 0 amide bonds. The van der Waals surface area contributed by atoms with E-state index in [1.807, 2.05) is 6.20 Å². The van der Waals surface area contributed by atoms with Gasteiger partial charge < -0.3 is 4.90 Å². The van der Waals surface area contributed by atoms with Gasteiger partial charge in [-0.3, -0.25) is 0 Å². The molecule has 1 aromatic heterocycles. The van der Waals surface area contributed by atoms with Crippen LogP contribution in [0.5, 0.6) is 0 Å². The summed E-state index contributed by atoms with van der Waals surface area (Å²) in [5, 5.41) is 0. The first-order valence-electron chi connectivity index (χ1n) is 6.76. The average molecular weight is 376 g/mol. The third-order valence-electron chi connectivity index (χ3n) is 3.63. The molecule has 1 fully saturated rings. The molecule has 0 aromatic carbocycles. The van der Waals surface area contributed by atoms with Gasteiger partial charge in [-0.1, -0.05) is 19.8 Å². The van der Waals surface area contributed by atoms with Crippen LogP contribution in [0.2, 0.25) is 0 Å². The lowest BCUT2D eigenvalue weighted by atomic mass is 9.96. The average Bonchev–Trinajstić information content (AvgIpc) is 2.55. The Bertz CT molecular complexity index is 395. The van der Waals surface area contributed by atoms with Crippen molar-refractivity contribution >= 4 is 37.7 Å². The second-order valence-corrected chi connectivity index (χ2v) is 6.80. The van der Waals surface area contributed by atoms with E-state index in [-0.39, 0.29) is 0 Å². The van der Waals surface area contributed by atoms with E-state index < -0.39 is 0 Å². The molecule has 0 N–H and O–H groups in total. The minimum absolute atomic E-state index is 0.911. The highest BCUT2D eigenvalue weighted by Crippen LogP contribution is 2.30. The largest absolute Gasteiger partial charge is 0.356 e. The van der Waals surface area contributed by atoms with E-state index in [2.05, 4.69) is 54.7 Å². The molecule has 1 unspecified atom stereocenters. The molecular formula is C14H20Br2N2. The molecule has 0 bridgehead atoms. The normalized spacial score (nSPS) is 20.8. The maximum Gasteiger partial charge on any atom is 0.142 e. The lowest BCUT2D eigenvalue weighted by Gasteiger charge is -2.23. The zero-order chi connectivity index (χ0) is 13.0. The smallest absolute Gasteiger partial charge is 0.142 e. The van der Waals surface area contributed by atoms with Crippen LogP contribution in [0, 0.1) is 5.92 Å². The third kappa shape index (κ3) is 3.70. The first-order chi connectivity index (χ1) is 8.70. The van der Waals surface area contributed by atoms with Gasteiger partial charge in [-0.05, 0) is 63.1 Å². The molecule has 2 heterocycles. The van der Waals surface area contributed by atoms with Crippen molar-refractivity contribution in [1.82, 2.24) is 4.98 Å². The molecule has 1 saturated heterocycles. The van der Waals surface area contributed by atoms with Crippen LogP contribution in [-0.2, 0) is 0 Å². The topological polar surface area (TPSA) is 16.1 Å². The number of hydrogen-bond acceptors (Lipinski definition) is 2. The van der Waals surface area contributed by atoms with Gasteiger partial charge in [0.1, 0.15) is 5.82 Å². The molecule has 2 nitrogen and oxygen atoms in total. The van der Waals surface area contributed by atoms with Gasteiger partial charge in [0.2, 0.25) is 0 Å². The molecule has 0 spiro atoms. The second kappa shape index (κ2) is 6.90. The van der Waals surface area contributed by atoms with E-state index in [4.69, 9.17) is 0 Å². The molecule has 2 rings (SSSR count). The number of rotatable bonds is 3. The van der Waals surface area contributed by atoms with Crippen molar-refractivity contribution in [3.63, 3.8) is 0 Å². The third-order valence-corrected chi connectivity index (χ3v) is 4.65.